The molecule has 0 amide bonds. The first-order chi connectivity index (χ1) is 9.85. The Balaban J connectivity index is 1.77. The van der Waals surface area contributed by atoms with E-state index in [9.17, 15) is 5.11 Å². The highest BCUT2D eigenvalue weighted by atomic mass is 16.5. The minimum absolute atomic E-state index is 0.0681. The SMILES string of the molecule is CC[C@H](CO)NC[C@@H](O)CO[C@@H]1C[C@H]2CC[C@@]1(C)C2(C)C. The average Bonchev–Trinajstić information content (AvgIpc) is 2.79. The van der Waals surface area contributed by atoms with Gasteiger partial charge in [0.2, 0.25) is 0 Å². The van der Waals surface area contributed by atoms with E-state index in [0.717, 1.165) is 18.8 Å². The fraction of sp³-hybridized carbons (Fsp3) is 1.00. The molecule has 2 rings (SSSR count). The monoisotopic (exact) mass is 299 g/mol. The third-order valence-corrected chi connectivity index (χ3v) is 6.56. The number of hydrogen-bond acceptors (Lipinski definition) is 4. The highest BCUT2D eigenvalue weighted by molar-refractivity contribution is 5.11. The third-order valence-electron chi connectivity index (χ3n) is 6.56. The maximum Gasteiger partial charge on any atom is 0.0897 e. The zero-order valence-electron chi connectivity index (χ0n) is 14.1. The molecule has 2 bridgehead atoms. The molecule has 0 aromatic carbocycles. The third kappa shape index (κ3) is 3.14. The fourth-order valence-corrected chi connectivity index (χ4v) is 4.31. The van der Waals surface area contributed by atoms with E-state index in [1.165, 1.54) is 12.8 Å². The molecule has 0 heterocycles. The summed E-state index contributed by atoms with van der Waals surface area (Å²) in [5.41, 5.74) is 0.604. The van der Waals surface area contributed by atoms with Gasteiger partial charge in [-0.25, -0.2) is 0 Å². The summed E-state index contributed by atoms with van der Waals surface area (Å²) < 4.78 is 6.08. The quantitative estimate of drug-likeness (QED) is 0.641. The van der Waals surface area contributed by atoms with E-state index in [1.807, 2.05) is 6.92 Å². The van der Waals surface area contributed by atoms with Crippen LogP contribution in [0.25, 0.3) is 0 Å². The summed E-state index contributed by atoms with van der Waals surface area (Å²) in [5.74, 6) is 0.765. The first-order valence-corrected chi connectivity index (χ1v) is 8.49. The van der Waals surface area contributed by atoms with Gasteiger partial charge >= 0.3 is 0 Å². The van der Waals surface area contributed by atoms with Gasteiger partial charge in [0.1, 0.15) is 0 Å². The van der Waals surface area contributed by atoms with Crippen molar-refractivity contribution >= 4 is 0 Å². The largest absolute Gasteiger partial charge is 0.395 e. The number of aliphatic hydroxyl groups is 2. The Labute approximate surface area is 129 Å². The molecule has 0 radical (unpaired) electrons. The van der Waals surface area contributed by atoms with E-state index in [-0.39, 0.29) is 24.2 Å². The van der Waals surface area contributed by atoms with Crippen LogP contribution in [0.4, 0.5) is 0 Å². The lowest BCUT2D eigenvalue weighted by atomic mass is 9.70. The van der Waals surface area contributed by atoms with Crippen LogP contribution in [0.5, 0.6) is 0 Å². The van der Waals surface area contributed by atoms with Crippen molar-refractivity contribution in [3.63, 3.8) is 0 Å². The Kier molecular flexibility index (Phi) is 5.35. The number of fused-ring (bicyclic) bond motifs is 2. The van der Waals surface area contributed by atoms with Gasteiger partial charge in [-0.05, 0) is 42.4 Å². The molecule has 2 saturated carbocycles. The molecule has 2 fully saturated rings. The molecule has 0 spiro atoms. The van der Waals surface area contributed by atoms with E-state index in [0.29, 0.717) is 18.6 Å². The maximum atomic E-state index is 10.1. The van der Waals surface area contributed by atoms with Crippen molar-refractivity contribution in [3.8, 4) is 0 Å². The van der Waals surface area contributed by atoms with Gasteiger partial charge in [0, 0.05) is 12.6 Å². The molecular weight excluding hydrogens is 266 g/mol. The van der Waals surface area contributed by atoms with E-state index in [1.54, 1.807) is 0 Å². The van der Waals surface area contributed by atoms with Gasteiger partial charge in [-0.3, -0.25) is 0 Å². The number of rotatable bonds is 8. The average molecular weight is 299 g/mol. The number of ether oxygens (including phenoxy) is 1. The van der Waals surface area contributed by atoms with Crippen LogP contribution in [-0.2, 0) is 4.74 Å². The zero-order chi connectivity index (χ0) is 15.7. The maximum absolute atomic E-state index is 10.1. The van der Waals surface area contributed by atoms with Crippen LogP contribution in [0.15, 0.2) is 0 Å². The zero-order valence-corrected chi connectivity index (χ0v) is 14.1. The van der Waals surface area contributed by atoms with E-state index < -0.39 is 6.10 Å². The molecule has 5 atom stereocenters. The van der Waals surface area contributed by atoms with Crippen molar-refractivity contribution in [3.05, 3.63) is 0 Å². The van der Waals surface area contributed by atoms with Crippen molar-refractivity contribution in [1.82, 2.24) is 5.32 Å². The molecule has 124 valence electrons. The first-order valence-electron chi connectivity index (χ1n) is 8.49. The molecule has 4 heteroatoms. The van der Waals surface area contributed by atoms with Crippen LogP contribution >= 0.6 is 0 Å². The Morgan fingerprint density at radius 3 is 2.52 bits per heavy atom. The number of aliphatic hydroxyl groups excluding tert-OH is 2. The van der Waals surface area contributed by atoms with Crippen molar-refractivity contribution in [1.29, 1.82) is 0 Å². The Hall–Kier alpha value is -0.160. The lowest BCUT2D eigenvalue weighted by Gasteiger charge is -2.39. The molecule has 0 aromatic rings. The summed E-state index contributed by atoms with van der Waals surface area (Å²) in [4.78, 5) is 0. The highest BCUT2D eigenvalue weighted by Crippen LogP contribution is 2.66. The molecule has 2 aliphatic rings. The summed E-state index contributed by atoms with van der Waals surface area (Å²) in [7, 11) is 0. The molecule has 2 aliphatic carbocycles. The second-order valence-corrected chi connectivity index (χ2v) is 7.78. The van der Waals surface area contributed by atoms with Crippen LogP contribution in [0.1, 0.15) is 53.4 Å². The summed E-state index contributed by atoms with van der Waals surface area (Å²) in [6, 6.07) is 0.0681. The first kappa shape index (κ1) is 17.2. The summed E-state index contributed by atoms with van der Waals surface area (Å²) in [6.07, 6.45) is 4.34. The summed E-state index contributed by atoms with van der Waals surface area (Å²) in [5, 5.41) is 22.4. The van der Waals surface area contributed by atoms with Crippen LogP contribution in [0.3, 0.4) is 0 Å². The molecule has 0 unspecified atom stereocenters. The molecule has 0 aliphatic heterocycles. The number of nitrogens with one attached hydrogen (secondary N) is 1. The highest BCUT2D eigenvalue weighted by Gasteiger charge is 2.61. The summed E-state index contributed by atoms with van der Waals surface area (Å²) >= 11 is 0. The lowest BCUT2D eigenvalue weighted by molar-refractivity contribution is -0.0746. The fourth-order valence-electron chi connectivity index (χ4n) is 4.31. The van der Waals surface area contributed by atoms with E-state index in [4.69, 9.17) is 9.84 Å². The van der Waals surface area contributed by atoms with E-state index in [2.05, 4.69) is 26.1 Å². The molecular formula is C17H33NO3. The molecule has 21 heavy (non-hydrogen) atoms. The Bertz CT molecular complexity index is 343. The Morgan fingerprint density at radius 2 is 2.05 bits per heavy atom. The van der Waals surface area contributed by atoms with Crippen molar-refractivity contribution in [2.75, 3.05) is 19.8 Å². The normalized spacial score (nSPS) is 36.9. The predicted molar refractivity (Wildman–Crippen MR) is 84.1 cm³/mol. The summed E-state index contributed by atoms with van der Waals surface area (Å²) in [6.45, 7) is 10.1. The predicted octanol–water partition coefficient (Wildman–Crippen LogP) is 1.94. The standard InChI is InChI=1S/C17H33NO3/c1-5-13(10-19)18-9-14(20)11-21-15-8-12-6-7-17(15,4)16(12,2)3/h12-15,18-20H,5-11H2,1-4H3/t12-,13-,14-,15-,17-/m1/s1. The lowest BCUT2D eigenvalue weighted by Crippen LogP contribution is -2.42. The van der Waals surface area contributed by atoms with E-state index >= 15 is 0 Å². The van der Waals surface area contributed by atoms with Crippen LogP contribution in [0.2, 0.25) is 0 Å². The van der Waals surface area contributed by atoms with Crippen LogP contribution < -0.4 is 5.32 Å². The minimum Gasteiger partial charge on any atom is -0.395 e. The minimum atomic E-state index is -0.503. The van der Waals surface area contributed by atoms with Gasteiger partial charge in [0.05, 0.1) is 25.4 Å². The van der Waals surface area contributed by atoms with Gasteiger partial charge in [-0.1, -0.05) is 27.7 Å². The molecule has 3 N–H and O–H groups in total. The topological polar surface area (TPSA) is 61.7 Å². The molecule has 4 nitrogen and oxygen atoms in total. The van der Waals surface area contributed by atoms with Crippen molar-refractivity contribution in [2.24, 2.45) is 16.7 Å². The van der Waals surface area contributed by atoms with Crippen LogP contribution in [-0.4, -0.2) is 48.2 Å². The smallest absolute Gasteiger partial charge is 0.0897 e. The molecule has 0 saturated heterocycles. The van der Waals surface area contributed by atoms with Gasteiger partial charge in [0.15, 0.2) is 0 Å². The van der Waals surface area contributed by atoms with Crippen LogP contribution in [0, 0.1) is 16.7 Å². The second kappa shape index (κ2) is 6.53. The molecule has 0 aromatic heterocycles. The van der Waals surface area contributed by atoms with Gasteiger partial charge < -0.3 is 20.3 Å². The Morgan fingerprint density at radius 1 is 1.33 bits per heavy atom. The van der Waals surface area contributed by atoms with Crippen molar-refractivity contribution < 1.29 is 14.9 Å². The van der Waals surface area contributed by atoms with Gasteiger partial charge in [-0.15, -0.1) is 0 Å². The number of hydrogen-bond donors (Lipinski definition) is 3. The second-order valence-electron chi connectivity index (χ2n) is 7.78. The van der Waals surface area contributed by atoms with Crippen molar-refractivity contribution in [2.45, 2.75) is 71.6 Å². The van der Waals surface area contributed by atoms with Gasteiger partial charge in [-0.2, -0.15) is 0 Å². The van der Waals surface area contributed by atoms with Gasteiger partial charge in [0.25, 0.3) is 0 Å².